The molecule has 28 heavy (non-hydrogen) atoms. The fourth-order valence-corrected chi connectivity index (χ4v) is 3.20. The Kier molecular flexibility index (Phi) is 5.22. The Morgan fingerprint density at radius 2 is 2.25 bits per heavy atom. The molecule has 0 radical (unpaired) electrons. The van der Waals surface area contributed by atoms with E-state index in [4.69, 9.17) is 5.26 Å². The van der Waals surface area contributed by atoms with Crippen LogP contribution >= 0.6 is 0 Å². The molecule has 1 aliphatic rings. The van der Waals surface area contributed by atoms with Crippen LogP contribution in [0.1, 0.15) is 16.8 Å². The van der Waals surface area contributed by atoms with E-state index in [0.29, 0.717) is 28.6 Å². The summed E-state index contributed by atoms with van der Waals surface area (Å²) in [7, 11) is 0. The summed E-state index contributed by atoms with van der Waals surface area (Å²) in [6.45, 7) is 3.05. The van der Waals surface area contributed by atoms with Crippen LogP contribution in [0.15, 0.2) is 42.7 Å². The topological polar surface area (TPSA) is 98.1 Å². The summed E-state index contributed by atoms with van der Waals surface area (Å²) in [6.07, 6.45) is 1.40. The molecule has 1 aromatic carbocycles. The van der Waals surface area contributed by atoms with Crippen LogP contribution in [0.2, 0.25) is 0 Å². The molecule has 1 saturated heterocycles. The normalized spacial score (nSPS) is 17.8. The molecule has 2 aromatic rings. The Hall–Kier alpha value is -3.54. The SMILES string of the molecule is C=C(CNC(=O)c1ccnc2c(NC=O)cccc12)N1CC(F)(F)CC1C#N. The predicted molar refractivity (Wildman–Crippen MR) is 98.6 cm³/mol. The number of nitrogens with zero attached hydrogens (tertiary/aromatic N) is 3. The fraction of sp³-hybridized carbons (Fsp3) is 0.263. The highest BCUT2D eigenvalue weighted by Crippen LogP contribution is 2.33. The van der Waals surface area contributed by atoms with Gasteiger partial charge in [0.05, 0.1) is 35.9 Å². The average molecular weight is 385 g/mol. The number of nitriles is 1. The van der Waals surface area contributed by atoms with E-state index in [1.165, 1.54) is 17.2 Å². The van der Waals surface area contributed by atoms with E-state index < -0.39 is 30.8 Å². The first-order chi connectivity index (χ1) is 13.4. The van der Waals surface area contributed by atoms with Crippen LogP contribution in [0.5, 0.6) is 0 Å². The number of likely N-dealkylation sites (tertiary alicyclic amines) is 1. The lowest BCUT2D eigenvalue weighted by Gasteiger charge is -2.24. The van der Waals surface area contributed by atoms with E-state index in [0.717, 1.165) is 0 Å². The number of anilines is 1. The van der Waals surface area contributed by atoms with Crippen LogP contribution in [0, 0.1) is 11.3 Å². The number of halogens is 2. The maximum Gasteiger partial charge on any atom is 0.268 e. The molecule has 2 amide bonds. The van der Waals surface area contributed by atoms with Crippen molar-refractivity contribution in [2.75, 3.05) is 18.4 Å². The van der Waals surface area contributed by atoms with Gasteiger partial charge in [0.25, 0.3) is 11.8 Å². The number of carbonyl (C=O) groups excluding carboxylic acids is 2. The van der Waals surface area contributed by atoms with Crippen molar-refractivity contribution in [3.8, 4) is 6.07 Å². The van der Waals surface area contributed by atoms with E-state index in [1.807, 2.05) is 6.07 Å². The van der Waals surface area contributed by atoms with Crippen LogP contribution in [0.25, 0.3) is 10.9 Å². The zero-order valence-corrected chi connectivity index (χ0v) is 14.8. The highest BCUT2D eigenvalue weighted by atomic mass is 19.3. The standard InChI is InChI=1S/C19H17F2N5O2/c1-12(26-10-19(20,21)7-13(26)8-22)9-24-18(28)15-5-6-23-17-14(15)3-2-4-16(17)25-11-27/h2-6,11,13H,1,7,9-10H2,(H,24,28)(H,25,27). The number of carbonyl (C=O) groups is 2. The number of nitrogens with one attached hydrogen (secondary N) is 2. The minimum absolute atomic E-state index is 0.0802. The zero-order valence-electron chi connectivity index (χ0n) is 14.8. The van der Waals surface area contributed by atoms with Crippen LogP contribution in [0.3, 0.4) is 0 Å². The molecule has 1 unspecified atom stereocenters. The van der Waals surface area contributed by atoms with E-state index in [2.05, 4.69) is 22.2 Å². The van der Waals surface area contributed by atoms with Gasteiger partial charge in [-0.05, 0) is 12.1 Å². The Morgan fingerprint density at radius 1 is 1.46 bits per heavy atom. The quantitative estimate of drug-likeness (QED) is 0.744. The first-order valence-corrected chi connectivity index (χ1v) is 8.44. The van der Waals surface area contributed by atoms with Crippen LogP contribution in [0.4, 0.5) is 14.5 Å². The molecule has 3 rings (SSSR count). The Labute approximate surface area is 159 Å². The van der Waals surface area contributed by atoms with E-state index in [1.54, 1.807) is 18.2 Å². The van der Waals surface area contributed by atoms with E-state index >= 15 is 0 Å². The summed E-state index contributed by atoms with van der Waals surface area (Å²) in [5, 5.41) is 14.8. The van der Waals surface area contributed by atoms with Crippen molar-refractivity contribution in [3.63, 3.8) is 0 Å². The van der Waals surface area contributed by atoms with Crippen molar-refractivity contribution in [1.29, 1.82) is 5.26 Å². The molecule has 9 heteroatoms. The van der Waals surface area contributed by atoms with Gasteiger partial charge in [-0.3, -0.25) is 14.6 Å². The fourth-order valence-electron chi connectivity index (χ4n) is 3.20. The van der Waals surface area contributed by atoms with Crippen LogP contribution < -0.4 is 10.6 Å². The van der Waals surface area contributed by atoms with Gasteiger partial charge >= 0.3 is 0 Å². The number of fused-ring (bicyclic) bond motifs is 1. The van der Waals surface area contributed by atoms with Gasteiger partial charge in [0, 0.05) is 23.7 Å². The molecular formula is C19H17F2N5O2. The van der Waals surface area contributed by atoms with Gasteiger partial charge in [-0.1, -0.05) is 18.7 Å². The van der Waals surface area contributed by atoms with Crippen molar-refractivity contribution >= 4 is 28.9 Å². The number of hydrogen-bond acceptors (Lipinski definition) is 5. The lowest BCUT2D eigenvalue weighted by atomic mass is 10.1. The Balaban J connectivity index is 1.75. The van der Waals surface area contributed by atoms with E-state index in [-0.39, 0.29) is 12.2 Å². The van der Waals surface area contributed by atoms with Crippen molar-refractivity contribution in [3.05, 3.63) is 48.3 Å². The molecule has 1 atom stereocenters. The third-order valence-electron chi connectivity index (χ3n) is 4.51. The van der Waals surface area contributed by atoms with Gasteiger partial charge in [-0.15, -0.1) is 0 Å². The van der Waals surface area contributed by atoms with Gasteiger partial charge in [0.15, 0.2) is 0 Å². The van der Waals surface area contributed by atoms with Crippen molar-refractivity contribution in [2.24, 2.45) is 0 Å². The third-order valence-corrected chi connectivity index (χ3v) is 4.51. The molecule has 0 spiro atoms. The number of aromatic nitrogens is 1. The predicted octanol–water partition coefficient (Wildman–Crippen LogP) is 2.28. The number of pyridine rings is 1. The lowest BCUT2D eigenvalue weighted by Crippen LogP contribution is -2.35. The van der Waals surface area contributed by atoms with Gasteiger partial charge in [-0.25, -0.2) is 8.78 Å². The molecule has 0 bridgehead atoms. The minimum atomic E-state index is -2.96. The second kappa shape index (κ2) is 7.60. The average Bonchev–Trinajstić information content (AvgIpc) is 3.00. The number of para-hydroxylation sites is 1. The third kappa shape index (κ3) is 3.76. The molecule has 0 aliphatic carbocycles. The number of alkyl halides is 2. The van der Waals surface area contributed by atoms with Crippen LogP contribution in [-0.4, -0.2) is 47.3 Å². The number of hydrogen-bond donors (Lipinski definition) is 2. The summed E-state index contributed by atoms with van der Waals surface area (Å²) in [5.41, 5.74) is 1.46. The highest BCUT2D eigenvalue weighted by Gasteiger charge is 2.45. The van der Waals surface area contributed by atoms with Gasteiger partial charge in [0.1, 0.15) is 6.04 Å². The number of benzene rings is 1. The van der Waals surface area contributed by atoms with E-state index in [9.17, 15) is 18.4 Å². The highest BCUT2D eigenvalue weighted by molar-refractivity contribution is 6.09. The number of amides is 2. The molecule has 2 heterocycles. The first kappa shape index (κ1) is 19.2. The first-order valence-electron chi connectivity index (χ1n) is 8.44. The van der Waals surface area contributed by atoms with Crippen molar-refractivity contribution in [1.82, 2.24) is 15.2 Å². The van der Waals surface area contributed by atoms with Crippen molar-refractivity contribution in [2.45, 2.75) is 18.4 Å². The lowest BCUT2D eigenvalue weighted by molar-refractivity contribution is -0.105. The van der Waals surface area contributed by atoms with Crippen LogP contribution in [-0.2, 0) is 4.79 Å². The van der Waals surface area contributed by atoms with Gasteiger partial charge in [0.2, 0.25) is 6.41 Å². The summed E-state index contributed by atoms with van der Waals surface area (Å²) < 4.78 is 27.1. The molecular weight excluding hydrogens is 368 g/mol. The zero-order chi connectivity index (χ0) is 20.3. The molecule has 1 fully saturated rings. The Morgan fingerprint density at radius 3 is 2.96 bits per heavy atom. The molecule has 144 valence electrons. The second-order valence-corrected chi connectivity index (χ2v) is 6.40. The smallest absolute Gasteiger partial charge is 0.268 e. The molecule has 1 aliphatic heterocycles. The molecule has 0 saturated carbocycles. The summed E-state index contributed by atoms with van der Waals surface area (Å²) in [4.78, 5) is 28.8. The second-order valence-electron chi connectivity index (χ2n) is 6.40. The molecule has 2 N–H and O–H groups in total. The summed E-state index contributed by atoms with van der Waals surface area (Å²) in [5.74, 6) is -3.41. The number of rotatable bonds is 6. The maximum atomic E-state index is 13.6. The van der Waals surface area contributed by atoms with Crippen molar-refractivity contribution < 1.29 is 18.4 Å². The van der Waals surface area contributed by atoms with Gasteiger partial charge < -0.3 is 15.5 Å². The monoisotopic (exact) mass is 385 g/mol. The molecule has 7 nitrogen and oxygen atoms in total. The summed E-state index contributed by atoms with van der Waals surface area (Å²) in [6, 6.07) is 7.41. The maximum absolute atomic E-state index is 13.6. The largest absolute Gasteiger partial charge is 0.352 e. The van der Waals surface area contributed by atoms with Gasteiger partial charge in [-0.2, -0.15) is 5.26 Å². The molecule has 1 aromatic heterocycles. The Bertz CT molecular complexity index is 986. The minimum Gasteiger partial charge on any atom is -0.352 e. The summed E-state index contributed by atoms with van der Waals surface area (Å²) >= 11 is 0.